The second kappa shape index (κ2) is 5.29. The van der Waals surface area contributed by atoms with Gasteiger partial charge in [0, 0.05) is 20.2 Å². The predicted octanol–water partition coefficient (Wildman–Crippen LogP) is 3.03. The lowest BCUT2D eigenvalue weighted by atomic mass is 9.93. The first-order valence-electron chi connectivity index (χ1n) is 6.56. The second-order valence-electron chi connectivity index (χ2n) is 5.37. The largest absolute Gasteiger partial charge is 0.377 e. The molecule has 1 aliphatic rings. The molecule has 1 atom stereocenters. The summed E-state index contributed by atoms with van der Waals surface area (Å²) in [5, 5.41) is 0. The number of rotatable bonds is 3. The van der Waals surface area contributed by atoms with Gasteiger partial charge < -0.3 is 9.64 Å². The summed E-state index contributed by atoms with van der Waals surface area (Å²) in [5.74, 6) is -0.688. The molecule has 1 heterocycles. The molecule has 4 heteroatoms. The Balaban J connectivity index is 2.37. The van der Waals surface area contributed by atoms with Crippen LogP contribution in [0.5, 0.6) is 0 Å². The number of ketones is 1. The van der Waals surface area contributed by atoms with Crippen molar-refractivity contribution in [3.8, 4) is 0 Å². The van der Waals surface area contributed by atoms with Crippen molar-refractivity contribution in [2.45, 2.75) is 32.3 Å². The van der Waals surface area contributed by atoms with Gasteiger partial charge in [0.1, 0.15) is 5.82 Å². The summed E-state index contributed by atoms with van der Waals surface area (Å²) in [4.78, 5) is 13.7. The second-order valence-corrected chi connectivity index (χ2v) is 5.37. The molecule has 0 aromatic heterocycles. The number of carbonyl (C=O) groups excluding carboxylic acids is 1. The average Bonchev–Trinajstić information content (AvgIpc) is 2.38. The van der Waals surface area contributed by atoms with Gasteiger partial charge in [-0.3, -0.25) is 4.79 Å². The first-order chi connectivity index (χ1) is 8.97. The summed E-state index contributed by atoms with van der Waals surface area (Å²) < 4.78 is 19.4. The van der Waals surface area contributed by atoms with Crippen molar-refractivity contribution in [3.63, 3.8) is 0 Å². The van der Waals surface area contributed by atoms with Crippen LogP contribution in [0.1, 0.15) is 37.0 Å². The zero-order valence-electron chi connectivity index (χ0n) is 11.7. The number of hydrogen-bond acceptors (Lipinski definition) is 3. The number of anilines is 1. The van der Waals surface area contributed by atoms with Crippen LogP contribution < -0.4 is 4.90 Å². The van der Waals surface area contributed by atoms with Gasteiger partial charge in [0.2, 0.25) is 0 Å². The van der Waals surface area contributed by atoms with Gasteiger partial charge in [0.15, 0.2) is 5.78 Å². The number of halogens is 1. The normalized spacial score (nSPS) is 23.5. The lowest BCUT2D eigenvalue weighted by Gasteiger charge is -2.41. The molecule has 1 saturated heterocycles. The maximum absolute atomic E-state index is 13.9. The first kappa shape index (κ1) is 14.0. The van der Waals surface area contributed by atoms with E-state index in [1.54, 1.807) is 19.2 Å². The van der Waals surface area contributed by atoms with Crippen LogP contribution in [0.4, 0.5) is 10.1 Å². The van der Waals surface area contributed by atoms with Crippen LogP contribution in [0.2, 0.25) is 0 Å². The van der Waals surface area contributed by atoms with Gasteiger partial charge in [-0.25, -0.2) is 4.39 Å². The Labute approximate surface area is 113 Å². The van der Waals surface area contributed by atoms with E-state index in [1.165, 1.54) is 13.0 Å². The molecule has 1 aliphatic heterocycles. The van der Waals surface area contributed by atoms with E-state index < -0.39 is 5.82 Å². The van der Waals surface area contributed by atoms with Gasteiger partial charge in [-0.05, 0) is 38.8 Å². The fourth-order valence-electron chi connectivity index (χ4n) is 2.70. The molecule has 1 fully saturated rings. The van der Waals surface area contributed by atoms with Crippen LogP contribution in [0.15, 0.2) is 18.2 Å². The third kappa shape index (κ3) is 2.78. The van der Waals surface area contributed by atoms with E-state index in [0.29, 0.717) is 12.2 Å². The third-order valence-corrected chi connectivity index (χ3v) is 3.84. The van der Waals surface area contributed by atoms with Crippen molar-refractivity contribution in [2.24, 2.45) is 0 Å². The number of benzene rings is 1. The Hall–Kier alpha value is -1.42. The summed E-state index contributed by atoms with van der Waals surface area (Å²) in [6.45, 7) is 4.95. The summed E-state index contributed by atoms with van der Waals surface area (Å²) in [6, 6.07) is 4.79. The van der Waals surface area contributed by atoms with Crippen LogP contribution in [0.3, 0.4) is 0 Å². The van der Waals surface area contributed by atoms with Crippen LogP contribution in [0.25, 0.3) is 0 Å². The van der Waals surface area contributed by atoms with Crippen molar-refractivity contribution in [1.29, 1.82) is 0 Å². The molecule has 1 aromatic rings. The highest BCUT2D eigenvalue weighted by Gasteiger charge is 2.32. The Morgan fingerprint density at radius 2 is 2.21 bits per heavy atom. The molecule has 0 amide bonds. The molecule has 1 unspecified atom stereocenters. The molecule has 19 heavy (non-hydrogen) atoms. The van der Waals surface area contributed by atoms with Crippen LogP contribution in [-0.2, 0) is 4.74 Å². The zero-order chi connectivity index (χ0) is 14.0. The van der Waals surface area contributed by atoms with E-state index in [0.717, 1.165) is 19.4 Å². The van der Waals surface area contributed by atoms with Gasteiger partial charge in [-0.1, -0.05) is 6.07 Å². The number of nitrogens with zero attached hydrogens (tertiary/aromatic N) is 1. The van der Waals surface area contributed by atoms with Crippen molar-refractivity contribution < 1.29 is 13.9 Å². The molecule has 1 aromatic carbocycles. The molecule has 0 bridgehead atoms. The van der Waals surface area contributed by atoms with E-state index >= 15 is 0 Å². The summed E-state index contributed by atoms with van der Waals surface area (Å²) >= 11 is 0. The number of methoxy groups -OCH3 is 1. The van der Waals surface area contributed by atoms with E-state index in [-0.39, 0.29) is 16.9 Å². The summed E-state index contributed by atoms with van der Waals surface area (Å²) in [6.07, 6.45) is 1.95. The molecular formula is C15H20FNO2. The highest BCUT2D eigenvalue weighted by Crippen LogP contribution is 2.31. The quantitative estimate of drug-likeness (QED) is 0.787. The minimum Gasteiger partial charge on any atom is -0.377 e. The van der Waals surface area contributed by atoms with E-state index in [1.807, 2.05) is 11.8 Å². The number of hydrogen-bond donors (Lipinski definition) is 0. The van der Waals surface area contributed by atoms with E-state index in [4.69, 9.17) is 4.74 Å². The lowest BCUT2D eigenvalue weighted by Crippen LogP contribution is -2.47. The number of ether oxygens (including phenoxy) is 1. The van der Waals surface area contributed by atoms with Gasteiger partial charge in [0.25, 0.3) is 0 Å². The zero-order valence-corrected chi connectivity index (χ0v) is 11.7. The van der Waals surface area contributed by atoms with Crippen molar-refractivity contribution in [2.75, 3.05) is 25.1 Å². The standard InChI is InChI=1S/C15H20FNO2/c1-11(18)14-12(16)6-4-7-13(14)17-9-5-8-15(2,10-17)19-3/h4,6-7H,5,8-10H2,1-3H3. The Kier molecular flexibility index (Phi) is 3.90. The van der Waals surface area contributed by atoms with Crippen LogP contribution in [-0.4, -0.2) is 31.6 Å². The molecule has 104 valence electrons. The Morgan fingerprint density at radius 3 is 2.84 bits per heavy atom. The monoisotopic (exact) mass is 265 g/mol. The highest BCUT2D eigenvalue weighted by molar-refractivity contribution is 6.00. The van der Waals surface area contributed by atoms with Crippen molar-refractivity contribution >= 4 is 11.5 Å². The summed E-state index contributed by atoms with van der Waals surface area (Å²) in [7, 11) is 1.70. The number of piperidine rings is 1. The third-order valence-electron chi connectivity index (χ3n) is 3.84. The maximum Gasteiger partial charge on any atom is 0.164 e. The molecule has 0 radical (unpaired) electrons. The van der Waals surface area contributed by atoms with E-state index in [9.17, 15) is 9.18 Å². The smallest absolute Gasteiger partial charge is 0.164 e. The molecule has 0 aliphatic carbocycles. The van der Waals surface area contributed by atoms with Crippen LogP contribution >= 0.6 is 0 Å². The fourth-order valence-corrected chi connectivity index (χ4v) is 2.70. The topological polar surface area (TPSA) is 29.5 Å². The molecule has 3 nitrogen and oxygen atoms in total. The van der Waals surface area contributed by atoms with Gasteiger partial charge in [-0.15, -0.1) is 0 Å². The van der Waals surface area contributed by atoms with Crippen molar-refractivity contribution in [3.05, 3.63) is 29.6 Å². The summed E-state index contributed by atoms with van der Waals surface area (Å²) in [5.41, 5.74) is 0.622. The fraction of sp³-hybridized carbons (Fsp3) is 0.533. The predicted molar refractivity (Wildman–Crippen MR) is 73.3 cm³/mol. The minimum absolute atomic E-state index is 0.183. The molecular weight excluding hydrogens is 245 g/mol. The number of Topliss-reactive ketones (excluding diaryl/α,β-unsaturated/α-hetero) is 1. The SMILES string of the molecule is COC1(C)CCCN(c2cccc(F)c2C(C)=O)C1. The number of carbonyl (C=O) groups is 1. The molecule has 0 N–H and O–H groups in total. The molecule has 2 rings (SSSR count). The van der Waals surface area contributed by atoms with Gasteiger partial charge >= 0.3 is 0 Å². The highest BCUT2D eigenvalue weighted by atomic mass is 19.1. The van der Waals surface area contributed by atoms with Crippen LogP contribution in [0, 0.1) is 5.82 Å². The van der Waals surface area contributed by atoms with Gasteiger partial charge in [-0.2, -0.15) is 0 Å². The van der Waals surface area contributed by atoms with E-state index in [2.05, 4.69) is 0 Å². The van der Waals surface area contributed by atoms with Crippen molar-refractivity contribution in [1.82, 2.24) is 0 Å². The maximum atomic E-state index is 13.9. The molecule has 0 spiro atoms. The average molecular weight is 265 g/mol. The Morgan fingerprint density at radius 1 is 1.47 bits per heavy atom. The lowest BCUT2D eigenvalue weighted by molar-refractivity contribution is -0.00470. The van der Waals surface area contributed by atoms with Gasteiger partial charge in [0.05, 0.1) is 16.9 Å². The Bertz CT molecular complexity index is 489. The minimum atomic E-state index is -0.449. The first-order valence-corrected chi connectivity index (χ1v) is 6.56. The molecule has 0 saturated carbocycles.